The monoisotopic (exact) mass is 691 g/mol. The quantitative estimate of drug-likeness (QED) is 0.116. The number of benzene rings is 1. The van der Waals surface area contributed by atoms with Crippen LogP contribution < -0.4 is 5.32 Å². The molecule has 1 aromatic carbocycles. The minimum absolute atomic E-state index is 0. The van der Waals surface area contributed by atoms with Gasteiger partial charge in [0.15, 0.2) is 6.10 Å². The molecule has 9 N–H and O–H groups in total. The number of aliphatic hydroxyl groups is 8. The van der Waals surface area contributed by atoms with Crippen LogP contribution in [0.1, 0.15) is 99.1 Å². The SMILES string of the molecule is C.C.C.C.CCC(CC(C)C1CCCC1)c1ccc(CNC(=O)C(O)C(O)C(COCC2OC(CO)C(O)C(O)C2O)C(O)CO)cc1. The fourth-order valence-corrected chi connectivity index (χ4v) is 6.51. The third-order valence-corrected chi connectivity index (χ3v) is 9.57. The van der Waals surface area contributed by atoms with Crippen molar-refractivity contribution in [2.45, 2.75) is 143 Å². The number of carbonyl (C=O) groups excluding carboxylic acids is 1. The van der Waals surface area contributed by atoms with E-state index in [9.17, 15) is 45.6 Å². The molecule has 1 saturated heterocycles. The second-order valence-corrected chi connectivity index (χ2v) is 12.6. The highest BCUT2D eigenvalue weighted by Crippen LogP contribution is 2.37. The Morgan fingerprint density at radius 2 is 1.52 bits per heavy atom. The van der Waals surface area contributed by atoms with Gasteiger partial charge in [0.2, 0.25) is 0 Å². The van der Waals surface area contributed by atoms with E-state index in [1.165, 1.54) is 31.2 Å². The van der Waals surface area contributed by atoms with Gasteiger partial charge in [-0.1, -0.05) is 93.5 Å². The van der Waals surface area contributed by atoms with E-state index < -0.39 is 80.5 Å². The Bertz CT molecular complexity index is 975. The molecule has 1 aliphatic carbocycles. The first-order chi connectivity index (χ1) is 21.0. The summed E-state index contributed by atoms with van der Waals surface area (Å²) < 4.78 is 10.8. The number of carbonyl (C=O) groups is 1. The second-order valence-electron chi connectivity index (χ2n) is 12.6. The lowest BCUT2D eigenvalue weighted by Crippen LogP contribution is -2.59. The molecular weight excluding hydrogens is 622 g/mol. The molecule has 2 aliphatic rings. The van der Waals surface area contributed by atoms with Crippen molar-refractivity contribution in [1.82, 2.24) is 5.32 Å². The van der Waals surface area contributed by atoms with E-state index in [1.807, 2.05) is 12.1 Å². The van der Waals surface area contributed by atoms with Gasteiger partial charge in [-0.05, 0) is 41.7 Å². The Kier molecular flexibility index (Phi) is 23.8. The molecule has 1 aliphatic heterocycles. The highest BCUT2D eigenvalue weighted by atomic mass is 16.6. The van der Waals surface area contributed by atoms with Gasteiger partial charge in [-0.15, -0.1) is 0 Å². The molecule has 1 aromatic rings. The molecule has 2 fully saturated rings. The first kappa shape index (κ1) is 48.4. The van der Waals surface area contributed by atoms with Gasteiger partial charge < -0.3 is 55.6 Å². The highest BCUT2D eigenvalue weighted by molar-refractivity contribution is 5.81. The fourth-order valence-electron chi connectivity index (χ4n) is 6.51. The molecule has 48 heavy (non-hydrogen) atoms. The Labute approximate surface area is 289 Å². The zero-order valence-corrected chi connectivity index (χ0v) is 25.8. The third kappa shape index (κ3) is 12.9. The zero-order chi connectivity index (χ0) is 32.4. The molecule has 1 heterocycles. The standard InChI is InChI=1S/C32H53NO11.4CH4/c1-3-20(12-18(2)21-6-4-5-7-21)22-10-8-19(9-11-22)13-33-32(42)31(41)27(37)23(24(36)14-34)16-43-17-26-29(39)30(40)28(38)25(15-35)44-26;;;;/h8-11,18,20-21,23-31,34-41H,3-7,12-17H2,1-2H3,(H,33,42);4*1H4. The van der Waals surface area contributed by atoms with Crippen molar-refractivity contribution in [1.29, 1.82) is 0 Å². The highest BCUT2D eigenvalue weighted by Gasteiger charge is 2.44. The van der Waals surface area contributed by atoms with E-state index in [2.05, 4.69) is 31.3 Å². The third-order valence-electron chi connectivity index (χ3n) is 9.57. The Balaban J connectivity index is 0. The summed E-state index contributed by atoms with van der Waals surface area (Å²) >= 11 is 0. The smallest absolute Gasteiger partial charge is 0.251 e. The molecule has 11 atom stereocenters. The molecule has 0 aromatic heterocycles. The largest absolute Gasteiger partial charge is 0.394 e. The van der Waals surface area contributed by atoms with Gasteiger partial charge in [0.25, 0.3) is 5.91 Å². The van der Waals surface area contributed by atoms with Crippen LogP contribution in [0.4, 0.5) is 0 Å². The summed E-state index contributed by atoms with van der Waals surface area (Å²) in [5, 5.41) is 83.0. The fraction of sp³-hybridized carbons (Fsp3) is 0.806. The van der Waals surface area contributed by atoms with Crippen molar-refractivity contribution in [2.75, 3.05) is 26.4 Å². The number of hydrogen-bond acceptors (Lipinski definition) is 11. The van der Waals surface area contributed by atoms with Crippen LogP contribution in [0.3, 0.4) is 0 Å². The summed E-state index contributed by atoms with van der Waals surface area (Å²) in [7, 11) is 0. The van der Waals surface area contributed by atoms with E-state index in [1.54, 1.807) is 0 Å². The molecule has 1 saturated carbocycles. The second kappa shape index (κ2) is 23.7. The minimum Gasteiger partial charge on any atom is -0.394 e. The molecule has 0 spiro atoms. The van der Waals surface area contributed by atoms with Crippen LogP contribution in [0.5, 0.6) is 0 Å². The van der Waals surface area contributed by atoms with Crippen LogP contribution in [0.15, 0.2) is 24.3 Å². The predicted octanol–water partition coefficient (Wildman–Crippen LogP) is 2.11. The number of nitrogens with one attached hydrogen (secondary N) is 1. The Morgan fingerprint density at radius 1 is 0.938 bits per heavy atom. The van der Waals surface area contributed by atoms with Crippen molar-refractivity contribution < 1.29 is 55.1 Å². The molecule has 11 unspecified atom stereocenters. The lowest BCUT2D eigenvalue weighted by Gasteiger charge is -2.40. The number of aliphatic hydroxyl groups excluding tert-OH is 8. The van der Waals surface area contributed by atoms with Crippen LogP contribution in [-0.4, -0.2) is 122 Å². The van der Waals surface area contributed by atoms with E-state index in [4.69, 9.17) is 9.47 Å². The van der Waals surface area contributed by atoms with Crippen molar-refractivity contribution in [3.8, 4) is 0 Å². The summed E-state index contributed by atoms with van der Waals surface area (Å²) in [6, 6.07) is 8.02. The van der Waals surface area contributed by atoms with E-state index >= 15 is 0 Å². The number of ether oxygens (including phenoxy) is 2. The normalized spacial score (nSPS) is 26.2. The molecule has 0 radical (unpaired) electrons. The van der Waals surface area contributed by atoms with Gasteiger partial charge in [-0.3, -0.25) is 4.79 Å². The lowest BCUT2D eigenvalue weighted by atomic mass is 9.81. The van der Waals surface area contributed by atoms with Gasteiger partial charge in [0.05, 0.1) is 38.6 Å². The predicted molar refractivity (Wildman–Crippen MR) is 187 cm³/mol. The van der Waals surface area contributed by atoms with Crippen LogP contribution in [0.25, 0.3) is 0 Å². The molecule has 1 amide bonds. The summed E-state index contributed by atoms with van der Waals surface area (Å²) in [5.74, 6) is -0.220. The molecule has 0 bridgehead atoms. The first-order valence-corrected chi connectivity index (χ1v) is 15.9. The summed E-state index contributed by atoms with van der Waals surface area (Å²) in [4.78, 5) is 12.7. The molecule has 284 valence electrons. The maximum absolute atomic E-state index is 12.7. The van der Waals surface area contributed by atoms with Crippen molar-refractivity contribution in [3.05, 3.63) is 35.4 Å². The van der Waals surface area contributed by atoms with Gasteiger partial charge in [-0.2, -0.15) is 0 Å². The molecule has 12 nitrogen and oxygen atoms in total. The van der Waals surface area contributed by atoms with E-state index in [0.717, 1.165) is 24.3 Å². The minimum atomic E-state index is -1.95. The molecular formula is C36H69NO11. The summed E-state index contributed by atoms with van der Waals surface area (Å²) in [6.45, 7) is 2.44. The van der Waals surface area contributed by atoms with Gasteiger partial charge >= 0.3 is 0 Å². The summed E-state index contributed by atoms with van der Waals surface area (Å²) in [5.41, 5.74) is 2.07. The zero-order valence-electron chi connectivity index (χ0n) is 25.8. The van der Waals surface area contributed by atoms with Crippen molar-refractivity contribution in [2.24, 2.45) is 17.8 Å². The van der Waals surface area contributed by atoms with Gasteiger partial charge in [0, 0.05) is 12.5 Å². The molecule has 3 rings (SSSR count). The van der Waals surface area contributed by atoms with Crippen LogP contribution in [-0.2, 0) is 20.8 Å². The summed E-state index contributed by atoms with van der Waals surface area (Å²) in [6.07, 6.45) is -4.78. The average Bonchev–Trinajstić information content (AvgIpc) is 3.59. The maximum Gasteiger partial charge on any atom is 0.251 e. The van der Waals surface area contributed by atoms with Crippen LogP contribution in [0.2, 0.25) is 0 Å². The van der Waals surface area contributed by atoms with Crippen molar-refractivity contribution in [3.63, 3.8) is 0 Å². The van der Waals surface area contributed by atoms with E-state index in [-0.39, 0.29) is 42.9 Å². The average molecular weight is 692 g/mol. The Morgan fingerprint density at radius 3 is 2.06 bits per heavy atom. The Hall–Kier alpha value is -1.71. The lowest BCUT2D eigenvalue weighted by molar-refractivity contribution is -0.240. The van der Waals surface area contributed by atoms with Crippen LogP contribution >= 0.6 is 0 Å². The van der Waals surface area contributed by atoms with E-state index in [0.29, 0.717) is 11.8 Å². The topological polar surface area (TPSA) is 209 Å². The van der Waals surface area contributed by atoms with Crippen molar-refractivity contribution >= 4 is 5.91 Å². The number of amides is 1. The number of hydrogen-bond donors (Lipinski definition) is 9. The van der Waals surface area contributed by atoms with Gasteiger partial charge in [0.1, 0.15) is 30.5 Å². The van der Waals surface area contributed by atoms with Gasteiger partial charge in [-0.25, -0.2) is 0 Å². The first-order valence-electron chi connectivity index (χ1n) is 15.9. The number of rotatable bonds is 17. The molecule has 12 heteroatoms. The maximum atomic E-state index is 12.7. The van der Waals surface area contributed by atoms with Crippen LogP contribution in [0, 0.1) is 17.8 Å².